The third kappa shape index (κ3) is 5.89. The van der Waals surface area contributed by atoms with E-state index in [1.165, 1.54) is 11.0 Å². The van der Waals surface area contributed by atoms with Crippen molar-refractivity contribution >= 4 is 17.7 Å². The Labute approximate surface area is 188 Å². The van der Waals surface area contributed by atoms with E-state index >= 15 is 0 Å². The number of pyridine rings is 1. The largest absolute Gasteiger partial charge is 0.443 e. The van der Waals surface area contributed by atoms with Gasteiger partial charge >= 0.3 is 6.09 Å². The molecule has 0 saturated carbocycles. The molecule has 0 fully saturated rings. The smallest absolute Gasteiger partial charge is 0.404 e. The zero-order valence-electron chi connectivity index (χ0n) is 17.6. The standard InChI is InChI=1S/C20H22ClFN6O4/c1-20(2,3)17(29)15(32-19(23)30)9-16-25-27-28(26-16)12-4-6-13(7-5-12)31-18-14(22)8-11(21)10-24-18/h4-8,10,15,17,29H,9H2,1-3H3,(H2,23,30). The molecule has 0 aliphatic heterocycles. The normalized spacial score (nSPS) is 13.4. The van der Waals surface area contributed by atoms with Crippen LogP contribution in [0.2, 0.25) is 5.02 Å². The Balaban J connectivity index is 1.72. The fraction of sp³-hybridized carbons (Fsp3) is 0.350. The van der Waals surface area contributed by atoms with Crippen molar-refractivity contribution in [2.75, 3.05) is 0 Å². The topological polar surface area (TPSA) is 138 Å². The predicted molar refractivity (Wildman–Crippen MR) is 112 cm³/mol. The molecule has 3 rings (SSSR count). The van der Waals surface area contributed by atoms with Gasteiger partial charge < -0.3 is 20.3 Å². The molecule has 1 aromatic carbocycles. The van der Waals surface area contributed by atoms with Crippen molar-refractivity contribution < 1.29 is 23.8 Å². The lowest BCUT2D eigenvalue weighted by Crippen LogP contribution is -2.43. The van der Waals surface area contributed by atoms with Crippen LogP contribution in [0.25, 0.3) is 5.69 Å². The van der Waals surface area contributed by atoms with E-state index in [-0.39, 0.29) is 23.1 Å². The Bertz CT molecular complexity index is 1090. The van der Waals surface area contributed by atoms with E-state index in [2.05, 4.69) is 20.4 Å². The number of nitrogens with two attached hydrogens (primary N) is 1. The highest BCUT2D eigenvalue weighted by atomic mass is 35.5. The highest BCUT2D eigenvalue weighted by Crippen LogP contribution is 2.26. The third-order valence-corrected chi connectivity index (χ3v) is 4.61. The summed E-state index contributed by atoms with van der Waals surface area (Å²) in [7, 11) is 0. The second-order valence-electron chi connectivity index (χ2n) is 8.02. The van der Waals surface area contributed by atoms with Gasteiger partial charge in [0.15, 0.2) is 11.6 Å². The lowest BCUT2D eigenvalue weighted by molar-refractivity contribution is -0.0491. The number of nitrogens with zero attached hydrogens (tertiary/aromatic N) is 5. The van der Waals surface area contributed by atoms with Gasteiger partial charge in [-0.05, 0) is 41.0 Å². The molecule has 0 saturated heterocycles. The van der Waals surface area contributed by atoms with Gasteiger partial charge in [0.25, 0.3) is 5.88 Å². The number of benzene rings is 1. The molecule has 3 aromatic rings. The Morgan fingerprint density at radius 3 is 2.59 bits per heavy atom. The van der Waals surface area contributed by atoms with Gasteiger partial charge in [-0.15, -0.1) is 15.0 Å². The van der Waals surface area contributed by atoms with Crippen molar-refractivity contribution in [3.05, 3.63) is 53.2 Å². The number of aromatic nitrogens is 5. The molecule has 170 valence electrons. The van der Waals surface area contributed by atoms with E-state index in [1.807, 2.05) is 0 Å². The Kier molecular flexibility index (Phi) is 6.90. The van der Waals surface area contributed by atoms with Crippen molar-refractivity contribution in [1.29, 1.82) is 0 Å². The summed E-state index contributed by atoms with van der Waals surface area (Å²) in [5.74, 6) is -0.311. The zero-order valence-corrected chi connectivity index (χ0v) is 18.3. The molecule has 12 heteroatoms. The predicted octanol–water partition coefficient (Wildman–Crippen LogP) is 3.06. The van der Waals surface area contributed by atoms with Crippen LogP contribution in [0.1, 0.15) is 26.6 Å². The molecule has 0 aliphatic rings. The molecule has 0 aliphatic carbocycles. The van der Waals surface area contributed by atoms with Crippen molar-refractivity contribution in [3.63, 3.8) is 0 Å². The molecule has 0 radical (unpaired) electrons. The highest BCUT2D eigenvalue weighted by molar-refractivity contribution is 6.30. The van der Waals surface area contributed by atoms with Crippen LogP contribution in [0.5, 0.6) is 11.6 Å². The molecule has 1 amide bonds. The van der Waals surface area contributed by atoms with E-state index in [0.29, 0.717) is 11.4 Å². The lowest BCUT2D eigenvalue weighted by atomic mass is 9.84. The Hall–Kier alpha value is -3.31. The molecular weight excluding hydrogens is 443 g/mol. The minimum Gasteiger partial charge on any atom is -0.443 e. The number of aliphatic hydroxyl groups excluding tert-OH is 1. The number of amides is 1. The van der Waals surface area contributed by atoms with Gasteiger partial charge in [-0.3, -0.25) is 0 Å². The summed E-state index contributed by atoms with van der Waals surface area (Å²) >= 11 is 5.68. The molecule has 10 nitrogen and oxygen atoms in total. The number of carbonyl (C=O) groups is 1. The lowest BCUT2D eigenvalue weighted by Gasteiger charge is -2.31. The van der Waals surface area contributed by atoms with E-state index in [1.54, 1.807) is 45.0 Å². The van der Waals surface area contributed by atoms with Crippen molar-refractivity contribution in [2.45, 2.75) is 39.4 Å². The van der Waals surface area contributed by atoms with Crippen molar-refractivity contribution in [1.82, 2.24) is 25.2 Å². The summed E-state index contributed by atoms with van der Waals surface area (Å²) in [5.41, 5.74) is 5.11. The molecule has 2 aromatic heterocycles. The molecule has 2 unspecified atom stereocenters. The first-order chi connectivity index (χ1) is 15.0. The summed E-state index contributed by atoms with van der Waals surface area (Å²) in [6, 6.07) is 7.53. The first kappa shape index (κ1) is 23.4. The Morgan fingerprint density at radius 1 is 1.31 bits per heavy atom. The maximum Gasteiger partial charge on any atom is 0.404 e. The van der Waals surface area contributed by atoms with Crippen LogP contribution < -0.4 is 10.5 Å². The Morgan fingerprint density at radius 2 is 2.00 bits per heavy atom. The number of ether oxygens (including phenoxy) is 2. The summed E-state index contributed by atoms with van der Waals surface area (Å²) in [6.07, 6.45) is -1.65. The molecular formula is C20H22ClFN6O4. The molecule has 32 heavy (non-hydrogen) atoms. The number of hydrogen-bond acceptors (Lipinski definition) is 8. The summed E-state index contributed by atoms with van der Waals surface area (Å²) < 4.78 is 24.3. The minimum absolute atomic E-state index is 0.0179. The second kappa shape index (κ2) is 9.45. The summed E-state index contributed by atoms with van der Waals surface area (Å²) in [4.78, 5) is 16.3. The van der Waals surface area contributed by atoms with Gasteiger partial charge in [0.05, 0.1) is 23.2 Å². The van der Waals surface area contributed by atoms with Crippen molar-refractivity contribution in [3.8, 4) is 17.3 Å². The highest BCUT2D eigenvalue weighted by Gasteiger charge is 2.34. The molecule has 2 heterocycles. The number of hydrogen-bond donors (Lipinski definition) is 2. The van der Waals surface area contributed by atoms with Crippen molar-refractivity contribution in [2.24, 2.45) is 11.1 Å². The van der Waals surface area contributed by atoms with Crippen LogP contribution in [-0.2, 0) is 11.2 Å². The first-order valence-corrected chi connectivity index (χ1v) is 9.93. The fourth-order valence-corrected chi connectivity index (χ4v) is 2.92. The average Bonchev–Trinajstić information content (AvgIpc) is 3.17. The SMILES string of the molecule is CC(C)(C)C(O)C(Cc1nnn(-c2ccc(Oc3ncc(Cl)cc3F)cc2)n1)OC(N)=O. The van der Waals surface area contributed by atoms with E-state index in [9.17, 15) is 14.3 Å². The first-order valence-electron chi connectivity index (χ1n) is 9.55. The van der Waals surface area contributed by atoms with Gasteiger partial charge in [-0.25, -0.2) is 14.2 Å². The average molecular weight is 465 g/mol. The van der Waals surface area contributed by atoms with Crippen LogP contribution in [0.15, 0.2) is 36.5 Å². The van der Waals surface area contributed by atoms with Gasteiger partial charge in [0, 0.05) is 6.20 Å². The quantitative estimate of drug-likeness (QED) is 0.544. The minimum atomic E-state index is -1.01. The monoisotopic (exact) mass is 464 g/mol. The van der Waals surface area contributed by atoms with Gasteiger partial charge in [-0.1, -0.05) is 32.4 Å². The molecule has 2 atom stereocenters. The number of tetrazole rings is 1. The maximum absolute atomic E-state index is 13.8. The van der Waals surface area contributed by atoms with Gasteiger partial charge in [0.2, 0.25) is 0 Å². The van der Waals surface area contributed by atoms with Crippen LogP contribution >= 0.6 is 11.6 Å². The maximum atomic E-state index is 13.8. The molecule has 3 N–H and O–H groups in total. The summed E-state index contributed by atoms with van der Waals surface area (Å²) in [5, 5.41) is 22.8. The van der Waals surface area contributed by atoms with E-state index in [4.69, 9.17) is 26.8 Å². The molecule has 0 bridgehead atoms. The fourth-order valence-electron chi connectivity index (χ4n) is 2.78. The third-order valence-electron chi connectivity index (χ3n) is 4.40. The molecule has 0 spiro atoms. The second-order valence-corrected chi connectivity index (χ2v) is 8.46. The number of carbonyl (C=O) groups excluding carboxylic acids is 1. The van der Waals surface area contributed by atoms with E-state index < -0.39 is 29.5 Å². The van der Waals surface area contributed by atoms with Crippen LogP contribution in [-0.4, -0.2) is 48.6 Å². The number of rotatable bonds is 7. The van der Waals surface area contributed by atoms with Crippen LogP contribution in [0.3, 0.4) is 0 Å². The van der Waals surface area contributed by atoms with Crippen LogP contribution in [0.4, 0.5) is 9.18 Å². The number of halogens is 2. The van der Waals surface area contributed by atoms with Gasteiger partial charge in [0.1, 0.15) is 11.9 Å². The summed E-state index contributed by atoms with van der Waals surface area (Å²) in [6.45, 7) is 5.40. The number of primary amides is 1. The van der Waals surface area contributed by atoms with Crippen LogP contribution in [0, 0.1) is 11.2 Å². The number of aliphatic hydroxyl groups is 1. The van der Waals surface area contributed by atoms with Gasteiger partial charge in [-0.2, -0.15) is 0 Å². The van der Waals surface area contributed by atoms with E-state index in [0.717, 1.165) is 6.07 Å². The zero-order chi connectivity index (χ0) is 23.5.